The first-order chi connectivity index (χ1) is 23.1. The highest BCUT2D eigenvalue weighted by Gasteiger charge is 2.41. The van der Waals surface area contributed by atoms with Gasteiger partial charge in [0.25, 0.3) is 0 Å². The van der Waals surface area contributed by atoms with Gasteiger partial charge >= 0.3 is 12.2 Å². The summed E-state index contributed by atoms with van der Waals surface area (Å²) in [5, 5.41) is 0.441. The fourth-order valence-corrected chi connectivity index (χ4v) is 7.03. The van der Waals surface area contributed by atoms with Crippen molar-refractivity contribution in [1.82, 2.24) is 29.7 Å². The number of carbonyl (C=O) groups is 2. The molecule has 11 heteroatoms. The predicted octanol–water partition coefficient (Wildman–Crippen LogP) is 9.71. The van der Waals surface area contributed by atoms with Crippen molar-refractivity contribution < 1.29 is 19.1 Å². The van der Waals surface area contributed by atoms with Gasteiger partial charge in [-0.25, -0.2) is 19.6 Å². The number of rotatable bonds is 5. The van der Waals surface area contributed by atoms with Crippen LogP contribution in [-0.2, 0) is 9.47 Å². The Balaban J connectivity index is 1.15. The van der Waals surface area contributed by atoms with Crippen molar-refractivity contribution in [2.45, 2.75) is 116 Å². The number of benzene rings is 2. The number of hydrogen-bond donors (Lipinski definition) is 2. The number of aromatic nitrogens is 4. The lowest BCUT2D eigenvalue weighted by molar-refractivity contribution is 0.0141. The van der Waals surface area contributed by atoms with Gasteiger partial charge in [0.2, 0.25) is 0 Å². The Hall–Kier alpha value is -4.31. The summed E-state index contributed by atoms with van der Waals surface area (Å²) in [5.74, 6) is 1.43. The Morgan fingerprint density at radius 3 is 1.63 bits per heavy atom. The molecule has 10 nitrogen and oxygen atoms in total. The van der Waals surface area contributed by atoms with Crippen LogP contribution >= 0.6 is 11.6 Å². The lowest BCUT2D eigenvalue weighted by Crippen LogP contribution is -2.40. The van der Waals surface area contributed by atoms with Crippen LogP contribution in [0.4, 0.5) is 9.59 Å². The molecule has 2 amide bonds. The van der Waals surface area contributed by atoms with Crippen molar-refractivity contribution in [3.8, 4) is 33.6 Å². The highest BCUT2D eigenvalue weighted by atomic mass is 35.5. The van der Waals surface area contributed by atoms with E-state index >= 15 is 0 Å². The lowest BCUT2D eigenvalue weighted by atomic mass is 10.0. The fraction of sp³-hybridized carbons (Fsp3) is 0.474. The zero-order valence-corrected chi connectivity index (χ0v) is 30.4. The third kappa shape index (κ3) is 7.49. The van der Waals surface area contributed by atoms with Crippen molar-refractivity contribution in [3.05, 3.63) is 71.5 Å². The molecular weight excluding hydrogens is 640 g/mol. The molecule has 0 radical (unpaired) electrons. The van der Waals surface area contributed by atoms with E-state index in [1.165, 1.54) is 0 Å². The Kier molecular flexibility index (Phi) is 9.30. The maximum Gasteiger partial charge on any atom is 0.411 e. The van der Waals surface area contributed by atoms with E-state index < -0.39 is 11.2 Å². The van der Waals surface area contributed by atoms with Gasteiger partial charge in [-0.1, -0.05) is 60.1 Å². The largest absolute Gasteiger partial charge is 0.444 e. The summed E-state index contributed by atoms with van der Waals surface area (Å²) >= 11 is 6.67. The molecule has 2 aromatic carbocycles. The molecule has 49 heavy (non-hydrogen) atoms. The zero-order valence-electron chi connectivity index (χ0n) is 29.6. The van der Waals surface area contributed by atoms with Gasteiger partial charge in [0.1, 0.15) is 33.7 Å². The van der Waals surface area contributed by atoms with E-state index in [0.717, 1.165) is 59.5 Å². The third-order valence-corrected chi connectivity index (χ3v) is 9.41. The molecule has 4 atom stereocenters. The molecule has 2 aromatic heterocycles. The summed E-state index contributed by atoms with van der Waals surface area (Å²) < 4.78 is 11.4. The van der Waals surface area contributed by atoms with E-state index in [0.29, 0.717) is 16.7 Å². The molecule has 4 heterocycles. The molecule has 0 aliphatic carbocycles. The van der Waals surface area contributed by atoms with Crippen LogP contribution in [0.2, 0.25) is 5.15 Å². The molecule has 2 fully saturated rings. The Morgan fingerprint density at radius 1 is 0.694 bits per heavy atom. The van der Waals surface area contributed by atoms with E-state index in [-0.39, 0.29) is 36.4 Å². The minimum atomic E-state index is -0.582. The number of imidazole rings is 2. The van der Waals surface area contributed by atoms with Gasteiger partial charge < -0.3 is 19.4 Å². The number of nitrogens with one attached hydrogen (secondary N) is 2. The van der Waals surface area contributed by atoms with Crippen molar-refractivity contribution in [1.29, 1.82) is 0 Å². The average Bonchev–Trinajstić information content (AvgIpc) is 3.81. The number of ether oxygens (including phenoxy) is 2. The van der Waals surface area contributed by atoms with Gasteiger partial charge in [0.05, 0.1) is 24.0 Å². The van der Waals surface area contributed by atoms with E-state index in [2.05, 4.69) is 58.3 Å². The topological polar surface area (TPSA) is 116 Å². The summed E-state index contributed by atoms with van der Waals surface area (Å²) in [6.45, 7) is 15.4. The zero-order chi connectivity index (χ0) is 35.2. The standard InChI is InChI=1S/C38H47ClN6O4/c1-22-9-19-29(44(22)35(46)48-37(3,4)5)33-40-21-28(41-33)26-15-11-24(12-16-26)25-13-17-27(18-14-25)31-32(39)43-34(42-31)30-20-10-23(2)45(30)36(47)49-38(6,7)8/h11-18,21-23,29-30H,9-10,19-20H2,1-8H3,(H,40,41)(H,42,43). The second-order valence-electron chi connectivity index (χ2n) is 15.3. The number of carbonyl (C=O) groups excluding carboxylic acids is 2. The molecule has 0 saturated carbocycles. The SMILES string of the molecule is CC1CCC(c2ncc(-c3ccc(-c4ccc(-c5nc(C6CCC(C)N6C(=O)OC(C)(C)C)[nH]c5Cl)cc4)cc3)[nH]2)N1C(=O)OC(C)(C)C. The van der Waals surface area contributed by atoms with Crippen LogP contribution in [0.5, 0.6) is 0 Å². The maximum atomic E-state index is 13.0. The molecule has 2 N–H and O–H groups in total. The number of likely N-dealkylation sites (tertiary alicyclic amines) is 2. The van der Waals surface area contributed by atoms with Crippen LogP contribution in [0.25, 0.3) is 33.6 Å². The summed E-state index contributed by atoms with van der Waals surface area (Å²) in [5.41, 5.74) is 4.42. The Labute approximate surface area is 293 Å². The second kappa shape index (κ2) is 13.2. The van der Waals surface area contributed by atoms with Crippen LogP contribution in [0.1, 0.15) is 105 Å². The molecule has 260 valence electrons. The van der Waals surface area contributed by atoms with Gasteiger partial charge in [-0.2, -0.15) is 0 Å². The summed E-state index contributed by atoms with van der Waals surface area (Å²) in [7, 11) is 0. The Morgan fingerprint density at radius 2 is 1.14 bits per heavy atom. The lowest BCUT2D eigenvalue weighted by Gasteiger charge is -2.30. The van der Waals surface area contributed by atoms with Crippen LogP contribution in [-0.4, -0.2) is 65.2 Å². The number of H-pyrrole nitrogens is 2. The Bertz CT molecular complexity index is 1800. The highest BCUT2D eigenvalue weighted by Crippen LogP contribution is 2.39. The number of amides is 2. The smallest absolute Gasteiger partial charge is 0.411 e. The quantitative estimate of drug-likeness (QED) is 0.216. The molecule has 4 unspecified atom stereocenters. The molecule has 0 spiro atoms. The van der Waals surface area contributed by atoms with Crippen LogP contribution in [0.3, 0.4) is 0 Å². The minimum Gasteiger partial charge on any atom is -0.444 e. The average molecular weight is 687 g/mol. The highest BCUT2D eigenvalue weighted by molar-refractivity contribution is 6.31. The summed E-state index contributed by atoms with van der Waals surface area (Å²) in [4.78, 5) is 45.8. The van der Waals surface area contributed by atoms with Gasteiger partial charge in [0.15, 0.2) is 0 Å². The first-order valence-electron chi connectivity index (χ1n) is 17.1. The van der Waals surface area contributed by atoms with E-state index in [1.54, 1.807) is 4.90 Å². The number of hydrogen-bond acceptors (Lipinski definition) is 6. The van der Waals surface area contributed by atoms with Crippen molar-refractivity contribution >= 4 is 23.8 Å². The van der Waals surface area contributed by atoms with Crippen molar-refractivity contribution in [2.24, 2.45) is 0 Å². The molecule has 2 saturated heterocycles. The molecule has 2 aliphatic heterocycles. The molecule has 0 bridgehead atoms. The summed E-state index contributed by atoms with van der Waals surface area (Å²) in [6, 6.07) is 16.2. The number of aromatic amines is 2. The van der Waals surface area contributed by atoms with E-state index in [9.17, 15) is 9.59 Å². The van der Waals surface area contributed by atoms with Crippen LogP contribution in [0, 0.1) is 0 Å². The fourth-order valence-electron chi connectivity index (χ4n) is 6.78. The van der Waals surface area contributed by atoms with Crippen LogP contribution < -0.4 is 0 Å². The number of nitrogens with zero attached hydrogens (tertiary/aromatic N) is 4. The first kappa shape index (κ1) is 34.5. The van der Waals surface area contributed by atoms with Gasteiger partial charge in [-0.05, 0) is 97.8 Å². The van der Waals surface area contributed by atoms with Gasteiger partial charge in [-0.15, -0.1) is 0 Å². The van der Waals surface area contributed by atoms with Gasteiger partial charge in [-0.3, -0.25) is 9.80 Å². The molecule has 6 rings (SSSR count). The monoisotopic (exact) mass is 686 g/mol. The van der Waals surface area contributed by atoms with Gasteiger partial charge in [0, 0.05) is 17.6 Å². The summed E-state index contributed by atoms with van der Waals surface area (Å²) in [6.07, 6.45) is 4.55. The second-order valence-corrected chi connectivity index (χ2v) is 15.7. The number of halogens is 1. The van der Waals surface area contributed by atoms with Crippen molar-refractivity contribution in [2.75, 3.05) is 0 Å². The van der Waals surface area contributed by atoms with E-state index in [1.807, 2.05) is 71.7 Å². The minimum absolute atomic E-state index is 0.0406. The van der Waals surface area contributed by atoms with Crippen molar-refractivity contribution in [3.63, 3.8) is 0 Å². The van der Waals surface area contributed by atoms with Crippen LogP contribution in [0.15, 0.2) is 54.7 Å². The third-order valence-electron chi connectivity index (χ3n) is 9.14. The molecule has 4 aromatic rings. The molecule has 2 aliphatic rings. The first-order valence-corrected chi connectivity index (χ1v) is 17.5. The predicted molar refractivity (Wildman–Crippen MR) is 191 cm³/mol. The molecular formula is C38H47ClN6O4. The normalized spacial score (nSPS) is 21.3. The van der Waals surface area contributed by atoms with E-state index in [4.69, 9.17) is 26.1 Å². The maximum absolute atomic E-state index is 13.0.